The molecule has 2 aromatic carbocycles. The molecule has 0 aliphatic heterocycles. The van der Waals surface area contributed by atoms with E-state index in [9.17, 15) is 0 Å². The van der Waals surface area contributed by atoms with E-state index < -0.39 is 0 Å². The largest absolute Gasteiger partial charge is 0.494 e. The minimum absolute atomic E-state index is 0.707. The van der Waals surface area contributed by atoms with Crippen LogP contribution >= 0.6 is 0 Å². The molecule has 0 bridgehead atoms. The van der Waals surface area contributed by atoms with Gasteiger partial charge in [-0.2, -0.15) is 0 Å². The first-order valence-corrected chi connectivity index (χ1v) is 7.75. The van der Waals surface area contributed by atoms with Crippen molar-refractivity contribution in [3.05, 3.63) is 59.7 Å². The summed E-state index contributed by atoms with van der Waals surface area (Å²) in [5.41, 5.74) is 2.57. The summed E-state index contributed by atoms with van der Waals surface area (Å²) in [6.07, 6.45) is 0.929. The molecule has 0 N–H and O–H groups in total. The summed E-state index contributed by atoms with van der Waals surface area (Å²) >= 11 is 0. The van der Waals surface area contributed by atoms with Crippen molar-refractivity contribution in [1.82, 2.24) is 0 Å². The molecule has 0 heterocycles. The molecule has 21 heavy (non-hydrogen) atoms. The Kier molecular flexibility index (Phi) is 8.03. The van der Waals surface area contributed by atoms with E-state index >= 15 is 0 Å². The molecule has 0 amide bonds. The van der Waals surface area contributed by atoms with E-state index in [0.29, 0.717) is 13.2 Å². The highest BCUT2D eigenvalue weighted by Gasteiger charge is 1.99. The second kappa shape index (κ2) is 9.87. The number of hydrogen-bond donors (Lipinski definition) is 0. The summed E-state index contributed by atoms with van der Waals surface area (Å²) in [6.45, 7) is 9.40. The Labute approximate surface area is 128 Å². The molecule has 0 saturated carbocycles. The average Bonchev–Trinajstić information content (AvgIpc) is 2.54. The summed E-state index contributed by atoms with van der Waals surface area (Å²) in [5.74, 6) is 1.86. The van der Waals surface area contributed by atoms with Crippen LogP contribution in [0.25, 0.3) is 0 Å². The molecule has 0 saturated heterocycles. The van der Waals surface area contributed by atoms with Crippen molar-refractivity contribution in [3.8, 4) is 11.5 Å². The quantitative estimate of drug-likeness (QED) is 0.735. The number of ether oxygens (including phenoxy) is 2. The predicted octanol–water partition coefficient (Wildman–Crippen LogP) is 5.10. The van der Waals surface area contributed by atoms with E-state index in [-0.39, 0.29) is 0 Å². The molecule has 2 rings (SSSR count). The van der Waals surface area contributed by atoms with Crippen LogP contribution in [-0.4, -0.2) is 13.2 Å². The number of rotatable bonds is 6. The first-order chi connectivity index (χ1) is 10.3. The zero-order chi connectivity index (χ0) is 15.5. The van der Waals surface area contributed by atoms with Gasteiger partial charge in [-0.05, 0) is 55.7 Å². The van der Waals surface area contributed by atoms with Crippen molar-refractivity contribution in [1.29, 1.82) is 0 Å². The standard InChI is InChI=1S/C17H20O2.C2H6/c1-3-18-16-9-5-14(6-10-16)13-15-7-11-17(12-8-15)19-4-2;1-2/h5-12H,3-4,13H2,1-2H3;1-2H3. The van der Waals surface area contributed by atoms with Crippen LogP contribution in [-0.2, 0) is 6.42 Å². The van der Waals surface area contributed by atoms with Gasteiger partial charge in [0.05, 0.1) is 13.2 Å². The lowest BCUT2D eigenvalue weighted by Crippen LogP contribution is -1.93. The number of benzene rings is 2. The molecular weight excluding hydrogens is 260 g/mol. The summed E-state index contributed by atoms with van der Waals surface area (Å²) in [6, 6.07) is 16.5. The minimum Gasteiger partial charge on any atom is -0.494 e. The molecule has 0 unspecified atom stereocenters. The van der Waals surface area contributed by atoms with Crippen LogP contribution in [0, 0.1) is 0 Å². The fourth-order valence-electron chi connectivity index (χ4n) is 1.98. The molecule has 0 aliphatic rings. The van der Waals surface area contributed by atoms with E-state index in [1.165, 1.54) is 11.1 Å². The maximum absolute atomic E-state index is 5.44. The van der Waals surface area contributed by atoms with Crippen molar-refractivity contribution in [2.75, 3.05) is 13.2 Å². The highest BCUT2D eigenvalue weighted by molar-refractivity contribution is 5.34. The van der Waals surface area contributed by atoms with Gasteiger partial charge < -0.3 is 9.47 Å². The minimum atomic E-state index is 0.707. The van der Waals surface area contributed by atoms with Gasteiger partial charge in [0.25, 0.3) is 0 Å². The topological polar surface area (TPSA) is 18.5 Å². The molecule has 2 aromatic rings. The van der Waals surface area contributed by atoms with E-state index in [1.54, 1.807) is 0 Å². The molecule has 2 nitrogen and oxygen atoms in total. The molecule has 0 aromatic heterocycles. The Morgan fingerprint density at radius 3 is 1.24 bits per heavy atom. The summed E-state index contributed by atoms with van der Waals surface area (Å²) in [7, 11) is 0. The fourth-order valence-corrected chi connectivity index (χ4v) is 1.98. The Morgan fingerprint density at radius 2 is 0.952 bits per heavy atom. The lowest BCUT2D eigenvalue weighted by atomic mass is 10.0. The third-order valence-corrected chi connectivity index (χ3v) is 2.88. The Morgan fingerprint density at radius 1 is 0.619 bits per heavy atom. The van der Waals surface area contributed by atoms with E-state index in [4.69, 9.17) is 9.47 Å². The molecule has 0 aliphatic carbocycles. The Bertz CT molecular complexity index is 438. The van der Waals surface area contributed by atoms with Gasteiger partial charge >= 0.3 is 0 Å². The van der Waals surface area contributed by atoms with Crippen LogP contribution in [0.1, 0.15) is 38.8 Å². The molecule has 2 heteroatoms. The molecule has 0 fully saturated rings. The van der Waals surface area contributed by atoms with Crippen LogP contribution in [0.2, 0.25) is 0 Å². The first-order valence-electron chi connectivity index (χ1n) is 7.75. The Balaban J connectivity index is 0.00000106. The zero-order valence-electron chi connectivity index (χ0n) is 13.6. The smallest absolute Gasteiger partial charge is 0.119 e. The second-order valence-corrected chi connectivity index (χ2v) is 4.33. The first kappa shape index (κ1) is 17.1. The predicted molar refractivity (Wildman–Crippen MR) is 89.4 cm³/mol. The van der Waals surface area contributed by atoms with Crippen molar-refractivity contribution in [2.45, 2.75) is 34.1 Å². The normalized spacial score (nSPS) is 9.52. The van der Waals surface area contributed by atoms with Gasteiger partial charge in [-0.25, -0.2) is 0 Å². The third kappa shape index (κ3) is 5.90. The van der Waals surface area contributed by atoms with Crippen molar-refractivity contribution < 1.29 is 9.47 Å². The van der Waals surface area contributed by atoms with Crippen molar-refractivity contribution in [2.24, 2.45) is 0 Å². The average molecular weight is 286 g/mol. The van der Waals surface area contributed by atoms with Crippen LogP contribution in [0.4, 0.5) is 0 Å². The van der Waals surface area contributed by atoms with Crippen molar-refractivity contribution in [3.63, 3.8) is 0 Å². The lowest BCUT2D eigenvalue weighted by Gasteiger charge is -2.07. The summed E-state index contributed by atoms with van der Waals surface area (Å²) in [4.78, 5) is 0. The monoisotopic (exact) mass is 286 g/mol. The summed E-state index contributed by atoms with van der Waals surface area (Å²) < 4.78 is 10.9. The van der Waals surface area contributed by atoms with E-state index in [1.807, 2.05) is 52.0 Å². The van der Waals surface area contributed by atoms with Crippen LogP contribution in [0.3, 0.4) is 0 Å². The van der Waals surface area contributed by atoms with Crippen LogP contribution < -0.4 is 9.47 Å². The third-order valence-electron chi connectivity index (χ3n) is 2.88. The number of hydrogen-bond acceptors (Lipinski definition) is 2. The van der Waals surface area contributed by atoms with E-state index in [0.717, 1.165) is 17.9 Å². The maximum atomic E-state index is 5.44. The zero-order valence-corrected chi connectivity index (χ0v) is 13.6. The van der Waals surface area contributed by atoms with Crippen molar-refractivity contribution >= 4 is 0 Å². The van der Waals surface area contributed by atoms with E-state index in [2.05, 4.69) is 24.3 Å². The van der Waals surface area contributed by atoms with Gasteiger partial charge in [-0.3, -0.25) is 0 Å². The van der Waals surface area contributed by atoms with Gasteiger partial charge in [0.2, 0.25) is 0 Å². The highest BCUT2D eigenvalue weighted by atomic mass is 16.5. The molecule has 0 spiro atoms. The molecule has 0 radical (unpaired) electrons. The van der Waals surface area contributed by atoms with Crippen LogP contribution in [0.5, 0.6) is 11.5 Å². The highest BCUT2D eigenvalue weighted by Crippen LogP contribution is 2.17. The lowest BCUT2D eigenvalue weighted by molar-refractivity contribution is 0.340. The molecule has 114 valence electrons. The SMILES string of the molecule is CC.CCOc1ccc(Cc2ccc(OCC)cc2)cc1. The maximum Gasteiger partial charge on any atom is 0.119 e. The van der Waals surface area contributed by atoms with Gasteiger partial charge in [0, 0.05) is 0 Å². The molecular formula is C19H26O2. The Hall–Kier alpha value is -1.96. The van der Waals surface area contributed by atoms with Gasteiger partial charge in [-0.1, -0.05) is 38.1 Å². The fraction of sp³-hybridized carbons (Fsp3) is 0.368. The van der Waals surface area contributed by atoms with Gasteiger partial charge in [0.1, 0.15) is 11.5 Å². The van der Waals surface area contributed by atoms with Gasteiger partial charge in [-0.15, -0.1) is 0 Å². The molecule has 0 atom stereocenters. The second-order valence-electron chi connectivity index (χ2n) is 4.33. The van der Waals surface area contributed by atoms with Crippen LogP contribution in [0.15, 0.2) is 48.5 Å². The summed E-state index contributed by atoms with van der Waals surface area (Å²) in [5, 5.41) is 0. The van der Waals surface area contributed by atoms with Gasteiger partial charge in [0.15, 0.2) is 0 Å².